The van der Waals surface area contributed by atoms with Crippen LogP contribution in [0, 0.1) is 11.8 Å². The first kappa shape index (κ1) is 21.8. The van der Waals surface area contributed by atoms with Gasteiger partial charge in [0.1, 0.15) is 0 Å². The lowest BCUT2D eigenvalue weighted by Gasteiger charge is -2.02. The quantitative estimate of drug-likeness (QED) is 0.335. The maximum Gasteiger partial charge on any atom is 0.299 e. The van der Waals surface area contributed by atoms with Gasteiger partial charge in [-0.05, 0) is 24.7 Å². The molecule has 23 heavy (non-hydrogen) atoms. The number of nitrogen functional groups attached to an aromatic ring is 1. The van der Waals surface area contributed by atoms with Gasteiger partial charge in [0.2, 0.25) is 10.4 Å². The smallest absolute Gasteiger partial charge is 0.299 e. The van der Waals surface area contributed by atoms with Crippen LogP contribution in [0.2, 0.25) is 0 Å². The monoisotopic (exact) mass is 350 g/mol. The average molecular weight is 350 g/mol. The molecule has 136 valence electrons. The van der Waals surface area contributed by atoms with Crippen molar-refractivity contribution < 1.29 is 21.8 Å². The van der Waals surface area contributed by atoms with Gasteiger partial charge >= 0.3 is 0 Å². The predicted molar refractivity (Wildman–Crippen MR) is 86.6 cm³/mol. The summed E-state index contributed by atoms with van der Waals surface area (Å²) < 4.78 is 34.7. The Morgan fingerprint density at radius 2 is 1.65 bits per heavy atom. The SMILES string of the molecule is CC(C)CCc1nn(C)c(CCC(C)C)[n+]1N.COS(=O)(=O)[O-]. The fourth-order valence-electron chi connectivity index (χ4n) is 1.87. The molecule has 0 aromatic carbocycles. The van der Waals surface area contributed by atoms with Crippen LogP contribution in [0.4, 0.5) is 0 Å². The third-order valence-electron chi connectivity index (χ3n) is 3.29. The van der Waals surface area contributed by atoms with Gasteiger partial charge < -0.3 is 4.55 Å². The molecule has 0 atom stereocenters. The number of aryl methyl sites for hydroxylation is 2. The van der Waals surface area contributed by atoms with E-state index in [0.717, 1.165) is 44.4 Å². The fraction of sp³-hybridized carbons (Fsp3) is 0.857. The third-order valence-corrected chi connectivity index (χ3v) is 3.70. The molecule has 8 nitrogen and oxygen atoms in total. The normalized spacial score (nSPS) is 11.7. The van der Waals surface area contributed by atoms with Crippen LogP contribution >= 0.6 is 0 Å². The Kier molecular flexibility index (Phi) is 9.33. The zero-order valence-electron chi connectivity index (χ0n) is 14.9. The first-order valence-corrected chi connectivity index (χ1v) is 9.04. The highest BCUT2D eigenvalue weighted by Gasteiger charge is 2.21. The largest absolute Gasteiger partial charge is 0.726 e. The molecule has 0 aliphatic heterocycles. The molecule has 0 radical (unpaired) electrons. The van der Waals surface area contributed by atoms with Crippen LogP contribution in [0.15, 0.2) is 0 Å². The first-order chi connectivity index (χ1) is 10.5. The molecule has 0 aliphatic rings. The second-order valence-corrected chi connectivity index (χ2v) is 7.42. The lowest BCUT2D eigenvalue weighted by atomic mass is 10.1. The molecular formula is C14H30N4O4S. The number of aromatic nitrogens is 3. The molecule has 0 aliphatic carbocycles. The standard InChI is InChI=1S/C13H27N4.CH4O4S/c1-10(2)6-8-12-15-16(5)13(17(12)14)9-7-11(3)4;1-5-6(2,3)4/h10-11H,6-9,14H2,1-5H3;1H3,(H,2,3,4)/q+1;/p-1. The summed E-state index contributed by atoms with van der Waals surface area (Å²) in [6.45, 7) is 8.92. The Bertz CT molecular complexity index is 568. The molecule has 0 bridgehead atoms. The summed E-state index contributed by atoms with van der Waals surface area (Å²) in [6, 6.07) is 0. The summed E-state index contributed by atoms with van der Waals surface area (Å²) >= 11 is 0. The predicted octanol–water partition coefficient (Wildman–Crippen LogP) is 0.692. The minimum atomic E-state index is -4.41. The Labute approximate surface area is 139 Å². The van der Waals surface area contributed by atoms with E-state index in [1.54, 1.807) is 4.68 Å². The molecule has 0 spiro atoms. The summed E-state index contributed by atoms with van der Waals surface area (Å²) in [5.41, 5.74) is 0. The van der Waals surface area contributed by atoms with Crippen LogP contribution < -0.4 is 10.5 Å². The Morgan fingerprint density at radius 1 is 1.22 bits per heavy atom. The van der Waals surface area contributed by atoms with Gasteiger partial charge in [0.15, 0.2) is 0 Å². The topological polar surface area (TPSA) is 114 Å². The van der Waals surface area contributed by atoms with Crippen molar-refractivity contribution in [2.75, 3.05) is 13.0 Å². The van der Waals surface area contributed by atoms with E-state index < -0.39 is 10.4 Å². The number of hydrogen-bond acceptors (Lipinski definition) is 6. The van der Waals surface area contributed by atoms with E-state index in [1.807, 2.05) is 11.7 Å². The van der Waals surface area contributed by atoms with Crippen LogP contribution in [0.1, 0.15) is 52.2 Å². The average Bonchev–Trinajstić information content (AvgIpc) is 2.68. The van der Waals surface area contributed by atoms with Gasteiger partial charge in [-0.1, -0.05) is 27.7 Å². The Morgan fingerprint density at radius 3 is 2.04 bits per heavy atom. The molecular weight excluding hydrogens is 320 g/mol. The lowest BCUT2D eigenvalue weighted by Crippen LogP contribution is -2.50. The van der Waals surface area contributed by atoms with Crippen molar-refractivity contribution in [3.8, 4) is 0 Å². The van der Waals surface area contributed by atoms with Crippen molar-refractivity contribution in [3.63, 3.8) is 0 Å². The van der Waals surface area contributed by atoms with Crippen molar-refractivity contribution in [2.24, 2.45) is 18.9 Å². The molecule has 0 unspecified atom stereocenters. The van der Waals surface area contributed by atoms with Gasteiger partial charge in [-0.15, -0.1) is 9.36 Å². The molecule has 2 N–H and O–H groups in total. The maximum absolute atomic E-state index is 9.22. The van der Waals surface area contributed by atoms with Crippen LogP contribution in [-0.4, -0.2) is 29.9 Å². The number of nitrogens with two attached hydrogens (primary N) is 1. The Balaban J connectivity index is 0.000000688. The van der Waals surface area contributed by atoms with Crippen LogP contribution in [0.25, 0.3) is 0 Å². The summed E-state index contributed by atoms with van der Waals surface area (Å²) in [4.78, 5) is 0. The summed E-state index contributed by atoms with van der Waals surface area (Å²) in [5, 5.41) is 4.51. The highest BCUT2D eigenvalue weighted by Crippen LogP contribution is 2.07. The second-order valence-electron chi connectivity index (χ2n) is 6.27. The minimum absolute atomic E-state index is 0.691. The van der Waals surface area contributed by atoms with E-state index in [2.05, 4.69) is 37.0 Å². The number of nitrogens with zero attached hydrogens (tertiary/aromatic N) is 3. The van der Waals surface area contributed by atoms with E-state index >= 15 is 0 Å². The minimum Gasteiger partial charge on any atom is -0.726 e. The second kappa shape index (κ2) is 9.84. The molecule has 1 aromatic rings. The van der Waals surface area contributed by atoms with Gasteiger partial charge in [-0.3, -0.25) is 10.0 Å². The molecule has 0 saturated heterocycles. The van der Waals surface area contributed by atoms with E-state index in [4.69, 9.17) is 5.84 Å². The van der Waals surface area contributed by atoms with Crippen molar-refractivity contribution >= 4 is 10.4 Å². The molecule has 0 amide bonds. The van der Waals surface area contributed by atoms with Gasteiger partial charge in [0.25, 0.3) is 11.6 Å². The Hall–Kier alpha value is -1.19. The van der Waals surface area contributed by atoms with Crippen LogP contribution in [-0.2, 0) is 34.5 Å². The zero-order valence-corrected chi connectivity index (χ0v) is 15.8. The summed E-state index contributed by atoms with van der Waals surface area (Å²) in [6.07, 6.45) is 4.25. The van der Waals surface area contributed by atoms with E-state index in [1.165, 1.54) is 0 Å². The number of rotatable bonds is 7. The van der Waals surface area contributed by atoms with Crippen molar-refractivity contribution in [3.05, 3.63) is 11.6 Å². The van der Waals surface area contributed by atoms with E-state index in [0.29, 0.717) is 11.8 Å². The van der Waals surface area contributed by atoms with Gasteiger partial charge in [0, 0.05) is 17.9 Å². The third kappa shape index (κ3) is 9.52. The highest BCUT2D eigenvalue weighted by atomic mass is 32.3. The van der Waals surface area contributed by atoms with Crippen LogP contribution in [0.5, 0.6) is 0 Å². The van der Waals surface area contributed by atoms with Gasteiger partial charge in [-0.25, -0.2) is 8.42 Å². The van der Waals surface area contributed by atoms with Gasteiger partial charge in [0.05, 0.1) is 14.2 Å². The molecule has 1 rings (SSSR count). The highest BCUT2D eigenvalue weighted by molar-refractivity contribution is 7.80. The van der Waals surface area contributed by atoms with Gasteiger partial charge in [-0.2, -0.15) is 0 Å². The lowest BCUT2D eigenvalue weighted by molar-refractivity contribution is -0.655. The molecule has 0 saturated carbocycles. The van der Waals surface area contributed by atoms with Crippen molar-refractivity contribution in [1.82, 2.24) is 9.78 Å². The summed E-state index contributed by atoms with van der Waals surface area (Å²) in [5.74, 6) is 9.62. The van der Waals surface area contributed by atoms with Crippen molar-refractivity contribution in [2.45, 2.75) is 53.4 Å². The van der Waals surface area contributed by atoms with Crippen molar-refractivity contribution in [1.29, 1.82) is 0 Å². The summed E-state index contributed by atoms with van der Waals surface area (Å²) in [7, 11) is -1.62. The molecule has 9 heteroatoms. The van der Waals surface area contributed by atoms with Crippen LogP contribution in [0.3, 0.4) is 0 Å². The zero-order chi connectivity index (χ0) is 18.2. The maximum atomic E-state index is 9.22. The first-order valence-electron chi connectivity index (χ1n) is 7.71. The fourth-order valence-corrected chi connectivity index (χ4v) is 1.87. The van der Waals surface area contributed by atoms with E-state index in [-0.39, 0.29) is 0 Å². The number of hydrogen-bond donors (Lipinski definition) is 1. The molecule has 1 heterocycles. The van der Waals surface area contributed by atoms with E-state index in [9.17, 15) is 13.0 Å². The molecule has 0 fully saturated rings. The molecule has 1 aromatic heterocycles.